The second-order valence-corrected chi connectivity index (χ2v) is 4.68. The van der Waals surface area contributed by atoms with E-state index >= 15 is 0 Å². The number of nitrogens with zero attached hydrogens (tertiary/aromatic N) is 1. The third-order valence-corrected chi connectivity index (χ3v) is 3.14. The van der Waals surface area contributed by atoms with E-state index in [-0.39, 0.29) is 12.1 Å². The summed E-state index contributed by atoms with van der Waals surface area (Å²) in [5.41, 5.74) is 0. The Morgan fingerprint density at radius 3 is 2.76 bits per heavy atom. The van der Waals surface area contributed by atoms with Crippen LogP contribution in [0.25, 0.3) is 0 Å². The molecule has 1 heterocycles. The molecule has 0 aromatic heterocycles. The molecule has 0 aromatic carbocycles. The zero-order chi connectivity index (χ0) is 12.8. The van der Waals surface area contributed by atoms with Gasteiger partial charge in [-0.15, -0.1) is 0 Å². The van der Waals surface area contributed by atoms with E-state index < -0.39 is 12.0 Å². The molecular weight excluding hydrogens is 220 g/mol. The Labute approximate surface area is 102 Å². The van der Waals surface area contributed by atoms with E-state index in [1.807, 2.05) is 6.92 Å². The number of nitrogens with one attached hydrogen (secondary N) is 1. The summed E-state index contributed by atoms with van der Waals surface area (Å²) in [5.74, 6) is -0.900. The molecule has 0 aliphatic carbocycles. The first-order valence-electron chi connectivity index (χ1n) is 6.36. The smallest absolute Gasteiger partial charge is 0.326 e. The maximum Gasteiger partial charge on any atom is 0.326 e. The van der Waals surface area contributed by atoms with Gasteiger partial charge in [0.05, 0.1) is 0 Å². The van der Waals surface area contributed by atoms with Gasteiger partial charge in [-0.05, 0) is 32.6 Å². The van der Waals surface area contributed by atoms with Gasteiger partial charge in [-0.1, -0.05) is 13.3 Å². The Morgan fingerprint density at radius 1 is 1.47 bits per heavy atom. The van der Waals surface area contributed by atoms with Crippen molar-refractivity contribution in [2.75, 3.05) is 6.54 Å². The summed E-state index contributed by atoms with van der Waals surface area (Å²) >= 11 is 0. The number of hydrogen-bond acceptors (Lipinski definition) is 2. The fourth-order valence-electron chi connectivity index (χ4n) is 2.23. The zero-order valence-corrected chi connectivity index (χ0v) is 10.6. The number of hydrogen-bond donors (Lipinski definition) is 2. The van der Waals surface area contributed by atoms with Crippen molar-refractivity contribution in [2.24, 2.45) is 0 Å². The molecule has 98 valence electrons. The van der Waals surface area contributed by atoms with E-state index in [0.717, 1.165) is 25.7 Å². The number of piperidine rings is 1. The van der Waals surface area contributed by atoms with Gasteiger partial charge >= 0.3 is 12.0 Å². The fraction of sp³-hybridized carbons (Fsp3) is 0.833. The molecule has 1 aliphatic heterocycles. The molecule has 0 radical (unpaired) electrons. The summed E-state index contributed by atoms with van der Waals surface area (Å²) in [7, 11) is 0. The molecule has 2 atom stereocenters. The van der Waals surface area contributed by atoms with E-state index in [1.165, 1.54) is 4.90 Å². The number of aliphatic carboxylic acids is 1. The van der Waals surface area contributed by atoms with Crippen molar-refractivity contribution in [1.82, 2.24) is 10.2 Å². The van der Waals surface area contributed by atoms with Crippen LogP contribution in [0.2, 0.25) is 0 Å². The predicted octanol–water partition coefficient (Wildman–Crippen LogP) is 1.82. The van der Waals surface area contributed by atoms with Crippen molar-refractivity contribution in [3.8, 4) is 0 Å². The highest BCUT2D eigenvalue weighted by atomic mass is 16.4. The molecule has 5 heteroatoms. The Morgan fingerprint density at radius 2 is 2.18 bits per heavy atom. The molecule has 1 saturated heterocycles. The molecule has 0 bridgehead atoms. The summed E-state index contributed by atoms with van der Waals surface area (Å²) < 4.78 is 0. The monoisotopic (exact) mass is 242 g/mol. The van der Waals surface area contributed by atoms with E-state index in [0.29, 0.717) is 13.0 Å². The van der Waals surface area contributed by atoms with Gasteiger partial charge in [0.1, 0.15) is 6.04 Å². The van der Waals surface area contributed by atoms with Crippen molar-refractivity contribution < 1.29 is 14.7 Å². The molecule has 1 fully saturated rings. The fourth-order valence-corrected chi connectivity index (χ4v) is 2.23. The molecule has 0 saturated carbocycles. The summed E-state index contributed by atoms with van der Waals surface area (Å²) in [6, 6.07) is -0.792. The third-order valence-electron chi connectivity index (χ3n) is 3.14. The van der Waals surface area contributed by atoms with Crippen molar-refractivity contribution >= 4 is 12.0 Å². The van der Waals surface area contributed by atoms with Crippen LogP contribution in [0.3, 0.4) is 0 Å². The molecule has 0 aromatic rings. The average Bonchev–Trinajstić information content (AvgIpc) is 2.29. The number of amides is 2. The lowest BCUT2D eigenvalue weighted by Gasteiger charge is -2.33. The Kier molecular flexibility index (Phi) is 5.25. The minimum atomic E-state index is -0.900. The summed E-state index contributed by atoms with van der Waals surface area (Å²) in [4.78, 5) is 24.5. The second-order valence-electron chi connectivity index (χ2n) is 4.68. The summed E-state index contributed by atoms with van der Waals surface area (Å²) in [6.07, 6.45) is 4.25. The molecule has 0 spiro atoms. The van der Waals surface area contributed by atoms with Crippen molar-refractivity contribution in [3.63, 3.8) is 0 Å². The number of carboxylic acids is 1. The van der Waals surface area contributed by atoms with Crippen LogP contribution in [-0.2, 0) is 4.79 Å². The highest BCUT2D eigenvalue weighted by Crippen LogP contribution is 2.17. The highest BCUT2D eigenvalue weighted by Gasteiger charge is 2.32. The minimum Gasteiger partial charge on any atom is -0.480 e. The normalized spacial score (nSPS) is 22.0. The van der Waals surface area contributed by atoms with E-state index in [9.17, 15) is 9.59 Å². The lowest BCUT2D eigenvalue weighted by molar-refractivity contribution is -0.143. The van der Waals surface area contributed by atoms with Crippen LogP contribution in [0.1, 0.15) is 46.0 Å². The number of carbonyl (C=O) groups is 2. The Balaban J connectivity index is 2.56. The first-order chi connectivity index (χ1) is 8.06. The average molecular weight is 242 g/mol. The third kappa shape index (κ3) is 3.91. The number of rotatable bonds is 4. The summed E-state index contributed by atoms with van der Waals surface area (Å²) in [5, 5.41) is 11.9. The van der Waals surface area contributed by atoms with Crippen LogP contribution in [0.15, 0.2) is 0 Å². The zero-order valence-electron chi connectivity index (χ0n) is 10.6. The largest absolute Gasteiger partial charge is 0.480 e. The van der Waals surface area contributed by atoms with Crippen molar-refractivity contribution in [3.05, 3.63) is 0 Å². The van der Waals surface area contributed by atoms with Gasteiger partial charge in [-0.25, -0.2) is 9.59 Å². The summed E-state index contributed by atoms with van der Waals surface area (Å²) in [6.45, 7) is 4.55. The molecule has 1 rings (SSSR count). The maximum atomic E-state index is 11.9. The van der Waals surface area contributed by atoms with Gasteiger partial charge in [0.25, 0.3) is 0 Å². The van der Waals surface area contributed by atoms with Crippen LogP contribution in [0.5, 0.6) is 0 Å². The maximum absolute atomic E-state index is 11.9. The first kappa shape index (κ1) is 13.8. The topological polar surface area (TPSA) is 69.6 Å². The number of carbonyl (C=O) groups excluding carboxylic acids is 1. The first-order valence-corrected chi connectivity index (χ1v) is 6.36. The molecule has 2 amide bonds. The molecule has 5 nitrogen and oxygen atoms in total. The van der Waals surface area contributed by atoms with Gasteiger partial charge in [0.15, 0.2) is 0 Å². The standard InChI is InChI=1S/C12H22N2O3/c1-3-6-9(2)13-12(17)14-8-5-4-7-10(14)11(15)16/h9-10H,3-8H2,1-2H3,(H,13,17)(H,15,16). The quantitative estimate of drug-likeness (QED) is 0.790. The van der Waals surface area contributed by atoms with Crippen LogP contribution in [-0.4, -0.2) is 40.6 Å². The van der Waals surface area contributed by atoms with E-state index in [1.54, 1.807) is 0 Å². The van der Waals surface area contributed by atoms with Crippen LogP contribution >= 0.6 is 0 Å². The molecule has 2 N–H and O–H groups in total. The van der Waals surface area contributed by atoms with Crippen LogP contribution < -0.4 is 5.32 Å². The molecule has 1 aliphatic rings. The second kappa shape index (κ2) is 6.47. The predicted molar refractivity (Wildman–Crippen MR) is 64.9 cm³/mol. The number of likely N-dealkylation sites (tertiary alicyclic amines) is 1. The van der Waals surface area contributed by atoms with Gasteiger partial charge in [-0.2, -0.15) is 0 Å². The van der Waals surface area contributed by atoms with Gasteiger partial charge in [0, 0.05) is 12.6 Å². The molecule has 2 unspecified atom stereocenters. The van der Waals surface area contributed by atoms with Crippen molar-refractivity contribution in [1.29, 1.82) is 0 Å². The van der Waals surface area contributed by atoms with Crippen LogP contribution in [0, 0.1) is 0 Å². The molecular formula is C12H22N2O3. The van der Waals surface area contributed by atoms with Gasteiger partial charge < -0.3 is 15.3 Å². The Bertz CT molecular complexity index is 281. The van der Waals surface area contributed by atoms with Gasteiger partial charge in [0.2, 0.25) is 0 Å². The van der Waals surface area contributed by atoms with Crippen LogP contribution in [0.4, 0.5) is 4.79 Å². The van der Waals surface area contributed by atoms with Gasteiger partial charge in [-0.3, -0.25) is 0 Å². The lowest BCUT2D eigenvalue weighted by atomic mass is 10.0. The minimum absolute atomic E-state index is 0.101. The lowest BCUT2D eigenvalue weighted by Crippen LogP contribution is -2.53. The SMILES string of the molecule is CCCC(C)NC(=O)N1CCCCC1C(=O)O. The van der Waals surface area contributed by atoms with Crippen molar-refractivity contribution in [2.45, 2.75) is 58.0 Å². The highest BCUT2D eigenvalue weighted by molar-refractivity contribution is 5.83. The number of carboxylic acid groups (broad SMARTS) is 1. The Hall–Kier alpha value is -1.26. The number of urea groups is 1. The molecule has 17 heavy (non-hydrogen) atoms. The van der Waals surface area contributed by atoms with E-state index in [4.69, 9.17) is 5.11 Å². The van der Waals surface area contributed by atoms with E-state index in [2.05, 4.69) is 12.2 Å².